The van der Waals surface area contributed by atoms with Gasteiger partial charge in [0.2, 0.25) is 5.78 Å². The Morgan fingerprint density at radius 2 is 1.96 bits per heavy atom. The molecule has 0 saturated heterocycles. The van der Waals surface area contributed by atoms with E-state index in [9.17, 15) is 4.79 Å². The Labute approximate surface area is 148 Å². The first kappa shape index (κ1) is 15.4. The Morgan fingerprint density at radius 3 is 2.68 bits per heavy atom. The molecule has 3 aromatic heterocycles. The third kappa shape index (κ3) is 3.22. The minimum absolute atomic E-state index is 0.172. The van der Waals surface area contributed by atoms with Crippen LogP contribution >= 0.6 is 11.3 Å². The zero-order valence-electron chi connectivity index (χ0n) is 13.2. The summed E-state index contributed by atoms with van der Waals surface area (Å²) >= 11 is 1.62. The largest absolute Gasteiger partial charge is 0.461 e. The molecule has 4 rings (SSSR count). The SMILES string of the molecule is O=C(/C=C/c1cn(-c2ccccc2)nc1-c1cccs1)c1ccco1. The smallest absolute Gasteiger partial charge is 0.221 e. The maximum atomic E-state index is 12.1. The molecule has 5 heteroatoms. The summed E-state index contributed by atoms with van der Waals surface area (Å²) in [5.41, 5.74) is 2.70. The van der Waals surface area contributed by atoms with Crippen molar-refractivity contribution in [1.29, 1.82) is 0 Å². The molecule has 4 aromatic rings. The average molecular weight is 346 g/mol. The zero-order valence-corrected chi connectivity index (χ0v) is 14.0. The van der Waals surface area contributed by atoms with Gasteiger partial charge < -0.3 is 4.42 Å². The monoisotopic (exact) mass is 346 g/mol. The average Bonchev–Trinajstić information content (AvgIpc) is 3.41. The van der Waals surface area contributed by atoms with Gasteiger partial charge in [-0.25, -0.2) is 4.68 Å². The van der Waals surface area contributed by atoms with Gasteiger partial charge in [0.15, 0.2) is 5.76 Å². The summed E-state index contributed by atoms with van der Waals surface area (Å²) in [5.74, 6) is 0.152. The quantitative estimate of drug-likeness (QED) is 0.373. The fourth-order valence-electron chi connectivity index (χ4n) is 2.49. The normalized spacial score (nSPS) is 11.2. The summed E-state index contributed by atoms with van der Waals surface area (Å²) in [6.07, 6.45) is 6.72. The molecule has 25 heavy (non-hydrogen) atoms. The van der Waals surface area contributed by atoms with E-state index in [2.05, 4.69) is 0 Å². The highest BCUT2D eigenvalue weighted by Gasteiger charge is 2.12. The number of allylic oxidation sites excluding steroid dienone is 1. The first-order valence-electron chi connectivity index (χ1n) is 7.76. The van der Waals surface area contributed by atoms with Crippen LogP contribution in [0.15, 0.2) is 82.9 Å². The number of aromatic nitrogens is 2. The van der Waals surface area contributed by atoms with Crippen LogP contribution in [0, 0.1) is 0 Å². The first-order valence-corrected chi connectivity index (χ1v) is 8.64. The van der Waals surface area contributed by atoms with E-state index in [-0.39, 0.29) is 5.78 Å². The van der Waals surface area contributed by atoms with Gasteiger partial charge in [0.1, 0.15) is 5.69 Å². The molecule has 1 aromatic carbocycles. The lowest BCUT2D eigenvalue weighted by Crippen LogP contribution is -1.93. The van der Waals surface area contributed by atoms with Crippen molar-refractivity contribution in [2.75, 3.05) is 0 Å². The van der Waals surface area contributed by atoms with Crippen LogP contribution in [0.2, 0.25) is 0 Å². The lowest BCUT2D eigenvalue weighted by Gasteiger charge is -1.99. The van der Waals surface area contributed by atoms with Crippen LogP contribution in [-0.4, -0.2) is 15.6 Å². The number of hydrogen-bond acceptors (Lipinski definition) is 4. The highest BCUT2D eigenvalue weighted by molar-refractivity contribution is 7.13. The van der Waals surface area contributed by atoms with E-state index < -0.39 is 0 Å². The van der Waals surface area contributed by atoms with E-state index in [1.165, 1.54) is 12.3 Å². The van der Waals surface area contributed by atoms with Crippen molar-refractivity contribution in [1.82, 2.24) is 9.78 Å². The number of rotatable bonds is 5. The second kappa shape index (κ2) is 6.75. The molecule has 0 aliphatic heterocycles. The van der Waals surface area contributed by atoms with E-state index in [1.807, 2.05) is 58.7 Å². The second-order valence-electron chi connectivity index (χ2n) is 5.37. The maximum Gasteiger partial charge on any atom is 0.221 e. The Hall–Kier alpha value is -3.18. The lowest BCUT2D eigenvalue weighted by atomic mass is 10.2. The van der Waals surface area contributed by atoms with Crippen molar-refractivity contribution in [3.05, 3.63) is 89.8 Å². The van der Waals surface area contributed by atoms with Crippen LogP contribution in [0.25, 0.3) is 22.3 Å². The van der Waals surface area contributed by atoms with Gasteiger partial charge in [-0.15, -0.1) is 11.3 Å². The maximum absolute atomic E-state index is 12.1. The molecule has 0 radical (unpaired) electrons. The van der Waals surface area contributed by atoms with Crippen LogP contribution in [-0.2, 0) is 0 Å². The second-order valence-corrected chi connectivity index (χ2v) is 6.31. The number of carbonyl (C=O) groups excluding carboxylic acids is 1. The number of para-hydroxylation sites is 1. The molecular weight excluding hydrogens is 332 g/mol. The van der Waals surface area contributed by atoms with Crippen LogP contribution in [0.4, 0.5) is 0 Å². The van der Waals surface area contributed by atoms with Crippen molar-refractivity contribution in [3.63, 3.8) is 0 Å². The van der Waals surface area contributed by atoms with Gasteiger partial charge in [0.05, 0.1) is 16.8 Å². The zero-order chi connectivity index (χ0) is 17.1. The molecule has 0 aliphatic carbocycles. The van der Waals surface area contributed by atoms with Gasteiger partial charge in [-0.1, -0.05) is 24.3 Å². The fraction of sp³-hybridized carbons (Fsp3) is 0. The van der Waals surface area contributed by atoms with E-state index in [0.29, 0.717) is 5.76 Å². The van der Waals surface area contributed by atoms with Crippen LogP contribution in [0.3, 0.4) is 0 Å². The molecule has 0 aliphatic rings. The van der Waals surface area contributed by atoms with Crippen LogP contribution < -0.4 is 0 Å². The van der Waals surface area contributed by atoms with Gasteiger partial charge in [-0.3, -0.25) is 4.79 Å². The van der Waals surface area contributed by atoms with Crippen LogP contribution in [0.1, 0.15) is 16.1 Å². The van der Waals surface area contributed by atoms with Crippen LogP contribution in [0.5, 0.6) is 0 Å². The van der Waals surface area contributed by atoms with Gasteiger partial charge in [0.25, 0.3) is 0 Å². The molecule has 4 nitrogen and oxygen atoms in total. The highest BCUT2D eigenvalue weighted by Crippen LogP contribution is 2.28. The highest BCUT2D eigenvalue weighted by atomic mass is 32.1. The third-order valence-electron chi connectivity index (χ3n) is 3.70. The predicted octanol–water partition coefficient (Wildman–Crippen LogP) is 5.09. The first-order chi connectivity index (χ1) is 12.3. The molecule has 0 unspecified atom stereocenters. The Balaban J connectivity index is 1.73. The molecule has 0 spiro atoms. The van der Waals surface area contributed by atoms with E-state index in [0.717, 1.165) is 21.8 Å². The molecule has 0 saturated carbocycles. The Morgan fingerprint density at radius 1 is 1.08 bits per heavy atom. The summed E-state index contributed by atoms with van der Waals surface area (Å²) in [5, 5.41) is 6.72. The molecule has 0 bridgehead atoms. The number of benzene rings is 1. The summed E-state index contributed by atoms with van der Waals surface area (Å²) in [7, 11) is 0. The van der Waals surface area contributed by atoms with Gasteiger partial charge >= 0.3 is 0 Å². The van der Waals surface area contributed by atoms with Gasteiger partial charge in [0, 0.05) is 11.8 Å². The molecule has 3 heterocycles. The number of thiophene rings is 1. The Bertz CT molecular complexity index is 998. The van der Waals surface area contributed by atoms with E-state index >= 15 is 0 Å². The third-order valence-corrected chi connectivity index (χ3v) is 4.57. The fourth-order valence-corrected chi connectivity index (χ4v) is 3.22. The van der Waals surface area contributed by atoms with Gasteiger partial charge in [-0.2, -0.15) is 5.10 Å². The van der Waals surface area contributed by atoms with E-state index in [4.69, 9.17) is 9.52 Å². The number of hydrogen-bond donors (Lipinski definition) is 0. The number of ketones is 1. The van der Waals surface area contributed by atoms with Crippen molar-refractivity contribution < 1.29 is 9.21 Å². The lowest BCUT2D eigenvalue weighted by molar-refractivity contribution is 0.102. The molecule has 0 atom stereocenters. The molecule has 122 valence electrons. The van der Waals surface area contributed by atoms with Crippen molar-refractivity contribution in [2.24, 2.45) is 0 Å². The summed E-state index contributed by atoms with van der Waals surface area (Å²) < 4.78 is 6.97. The standard InChI is InChI=1S/C20H14N2O2S/c23-17(18-8-4-12-24-18)11-10-15-14-22(16-6-2-1-3-7-16)21-20(15)19-9-5-13-25-19/h1-14H/b11-10+. The minimum Gasteiger partial charge on any atom is -0.461 e. The molecule has 0 N–H and O–H groups in total. The van der Waals surface area contributed by atoms with E-state index in [1.54, 1.807) is 29.5 Å². The minimum atomic E-state index is -0.172. The van der Waals surface area contributed by atoms with Gasteiger partial charge in [-0.05, 0) is 47.9 Å². The van der Waals surface area contributed by atoms with Crippen molar-refractivity contribution in [3.8, 4) is 16.3 Å². The topological polar surface area (TPSA) is 48.0 Å². The van der Waals surface area contributed by atoms with Crippen molar-refractivity contribution in [2.45, 2.75) is 0 Å². The Kier molecular flexibility index (Phi) is 4.14. The summed E-state index contributed by atoms with van der Waals surface area (Å²) in [4.78, 5) is 13.2. The number of furan rings is 1. The molecule has 0 amide bonds. The predicted molar refractivity (Wildman–Crippen MR) is 98.9 cm³/mol. The summed E-state index contributed by atoms with van der Waals surface area (Å²) in [6.45, 7) is 0. The molecule has 0 fully saturated rings. The summed E-state index contributed by atoms with van der Waals surface area (Å²) in [6, 6.07) is 17.3. The number of carbonyl (C=O) groups is 1. The number of nitrogens with zero attached hydrogens (tertiary/aromatic N) is 2. The molecular formula is C20H14N2O2S. The van der Waals surface area contributed by atoms with Crippen molar-refractivity contribution >= 4 is 23.2 Å².